The fourth-order valence-electron chi connectivity index (χ4n) is 6.60. The maximum atomic E-state index is 12.3. The summed E-state index contributed by atoms with van der Waals surface area (Å²) in [6.07, 6.45) is 8.48. The van der Waals surface area contributed by atoms with E-state index in [2.05, 4.69) is 25.2 Å². The average Bonchev–Trinajstić information content (AvgIpc) is 2.30. The van der Waals surface area contributed by atoms with E-state index in [1.165, 1.54) is 38.5 Å². The summed E-state index contributed by atoms with van der Waals surface area (Å²) in [6, 6.07) is 2.18. The number of carbonyl (C=O) groups excluding carboxylic acids is 1. The minimum absolute atomic E-state index is 0.0969. The minimum Gasteiger partial charge on any atom is -0.355 e. The van der Waals surface area contributed by atoms with E-state index < -0.39 is 0 Å². The number of nitriles is 1. The Kier molecular flexibility index (Phi) is 3.35. The Balaban J connectivity index is 1.68. The van der Waals surface area contributed by atoms with Gasteiger partial charge in [0.25, 0.3) is 0 Å². The number of carbonyl (C=O) groups is 1. The molecule has 4 rings (SSSR count). The van der Waals surface area contributed by atoms with Gasteiger partial charge >= 0.3 is 0 Å². The second-order valence-electron chi connectivity index (χ2n) is 9.14. The van der Waals surface area contributed by atoms with Gasteiger partial charge in [-0.2, -0.15) is 5.26 Å². The number of rotatable bonds is 4. The van der Waals surface area contributed by atoms with E-state index >= 15 is 0 Å². The highest BCUT2D eigenvalue weighted by Gasteiger charge is 2.60. The Labute approximate surface area is 128 Å². The summed E-state index contributed by atoms with van der Waals surface area (Å²) in [6.45, 7) is 7.23. The fraction of sp³-hybridized carbons (Fsp3) is 0.889. The van der Waals surface area contributed by atoms with Crippen LogP contribution in [0.5, 0.6) is 0 Å². The first kappa shape index (κ1) is 14.9. The smallest absolute Gasteiger partial charge is 0.220 e. The molecule has 1 N–H and O–H groups in total. The SMILES string of the molecule is CC(C#N)CNC(=O)CC12CC3CC(C)(CC(C)(C3)C1)C2. The van der Waals surface area contributed by atoms with Crippen LogP contribution in [0.3, 0.4) is 0 Å². The highest BCUT2D eigenvalue weighted by molar-refractivity contribution is 5.76. The summed E-state index contributed by atoms with van der Waals surface area (Å²) in [7, 11) is 0. The topological polar surface area (TPSA) is 52.9 Å². The van der Waals surface area contributed by atoms with Crippen LogP contribution < -0.4 is 5.32 Å². The van der Waals surface area contributed by atoms with Gasteiger partial charge in [-0.3, -0.25) is 4.79 Å². The fourth-order valence-corrected chi connectivity index (χ4v) is 6.60. The lowest BCUT2D eigenvalue weighted by Crippen LogP contribution is -2.56. The van der Waals surface area contributed by atoms with Crippen LogP contribution in [0.2, 0.25) is 0 Å². The normalized spacial score (nSPS) is 45.1. The summed E-state index contributed by atoms with van der Waals surface area (Å²) < 4.78 is 0. The number of hydrogen-bond acceptors (Lipinski definition) is 2. The van der Waals surface area contributed by atoms with Crippen LogP contribution in [0.25, 0.3) is 0 Å². The Morgan fingerprint density at radius 1 is 1.24 bits per heavy atom. The van der Waals surface area contributed by atoms with Crippen LogP contribution >= 0.6 is 0 Å². The van der Waals surface area contributed by atoms with Crippen LogP contribution in [-0.2, 0) is 4.79 Å². The maximum Gasteiger partial charge on any atom is 0.220 e. The molecule has 0 aromatic heterocycles. The van der Waals surface area contributed by atoms with Crippen molar-refractivity contribution in [2.75, 3.05) is 6.54 Å². The van der Waals surface area contributed by atoms with Crippen LogP contribution in [0, 0.1) is 39.4 Å². The molecule has 1 amide bonds. The molecule has 4 fully saturated rings. The zero-order valence-corrected chi connectivity index (χ0v) is 13.7. The molecule has 3 atom stereocenters. The third kappa shape index (κ3) is 2.82. The van der Waals surface area contributed by atoms with Crippen molar-refractivity contribution >= 4 is 5.91 Å². The van der Waals surface area contributed by atoms with Gasteiger partial charge in [-0.1, -0.05) is 13.8 Å². The standard InChI is InChI=1S/C18H28N2O/c1-13(8-19)9-20-15(21)7-18-6-14-4-16(2,11-18)10-17(3,5-14)12-18/h13-14H,4-7,9-12H2,1-3H3,(H,20,21). The summed E-state index contributed by atoms with van der Waals surface area (Å²) in [5, 5.41) is 11.8. The summed E-state index contributed by atoms with van der Waals surface area (Å²) in [4.78, 5) is 12.3. The first-order chi connectivity index (χ1) is 9.76. The third-order valence-electron chi connectivity index (χ3n) is 6.10. The Bertz CT molecular complexity index is 474. The molecule has 0 heterocycles. The van der Waals surface area contributed by atoms with Gasteiger partial charge in [0.1, 0.15) is 0 Å². The Morgan fingerprint density at radius 3 is 2.38 bits per heavy atom. The Hall–Kier alpha value is -1.04. The largest absolute Gasteiger partial charge is 0.355 e. The predicted octanol–water partition coefficient (Wildman–Crippen LogP) is 3.65. The molecule has 3 unspecified atom stereocenters. The van der Waals surface area contributed by atoms with Gasteiger partial charge in [-0.15, -0.1) is 0 Å². The molecule has 4 aliphatic carbocycles. The van der Waals surface area contributed by atoms with Gasteiger partial charge < -0.3 is 5.32 Å². The zero-order valence-electron chi connectivity index (χ0n) is 13.7. The first-order valence-corrected chi connectivity index (χ1v) is 8.42. The van der Waals surface area contributed by atoms with Crippen molar-refractivity contribution in [1.82, 2.24) is 5.32 Å². The molecule has 4 aliphatic rings. The molecule has 21 heavy (non-hydrogen) atoms. The summed E-state index contributed by atoms with van der Waals surface area (Å²) in [5.74, 6) is 0.897. The van der Waals surface area contributed by atoms with Gasteiger partial charge in [0.15, 0.2) is 0 Å². The van der Waals surface area contributed by atoms with E-state index in [-0.39, 0.29) is 17.2 Å². The molecule has 0 aromatic rings. The van der Waals surface area contributed by atoms with E-state index in [0.717, 1.165) is 5.92 Å². The molecule has 0 spiro atoms. The zero-order chi connectivity index (χ0) is 15.3. The molecular weight excluding hydrogens is 260 g/mol. The second kappa shape index (κ2) is 4.73. The van der Waals surface area contributed by atoms with Crippen molar-refractivity contribution in [1.29, 1.82) is 5.26 Å². The summed E-state index contributed by atoms with van der Waals surface area (Å²) >= 11 is 0. The predicted molar refractivity (Wildman–Crippen MR) is 82.2 cm³/mol. The Morgan fingerprint density at radius 2 is 1.86 bits per heavy atom. The molecule has 0 saturated heterocycles. The van der Waals surface area contributed by atoms with Gasteiger partial charge in [-0.25, -0.2) is 0 Å². The molecule has 0 aliphatic heterocycles. The van der Waals surface area contributed by atoms with Crippen molar-refractivity contribution in [3.8, 4) is 6.07 Å². The van der Waals surface area contributed by atoms with E-state index in [1.54, 1.807) is 0 Å². The van der Waals surface area contributed by atoms with E-state index in [0.29, 0.717) is 23.8 Å². The molecule has 3 heteroatoms. The van der Waals surface area contributed by atoms with Crippen molar-refractivity contribution in [2.24, 2.45) is 28.1 Å². The quantitative estimate of drug-likeness (QED) is 0.858. The van der Waals surface area contributed by atoms with Gasteiger partial charge in [-0.05, 0) is 67.6 Å². The number of nitrogens with one attached hydrogen (secondary N) is 1. The number of nitrogens with zero attached hydrogens (tertiary/aromatic N) is 1. The molecule has 3 nitrogen and oxygen atoms in total. The van der Waals surface area contributed by atoms with Gasteiger partial charge in [0.2, 0.25) is 5.91 Å². The molecule has 4 bridgehead atoms. The number of amides is 1. The van der Waals surface area contributed by atoms with Crippen LogP contribution in [0.15, 0.2) is 0 Å². The lowest BCUT2D eigenvalue weighted by molar-refractivity contribution is -0.156. The molecule has 0 aromatic carbocycles. The summed E-state index contributed by atoms with van der Waals surface area (Å²) in [5.41, 5.74) is 1.17. The van der Waals surface area contributed by atoms with Crippen molar-refractivity contribution in [3.63, 3.8) is 0 Å². The monoisotopic (exact) mass is 288 g/mol. The lowest BCUT2D eigenvalue weighted by Gasteiger charge is -2.65. The number of hydrogen-bond donors (Lipinski definition) is 1. The minimum atomic E-state index is -0.0969. The third-order valence-corrected chi connectivity index (χ3v) is 6.10. The average molecular weight is 288 g/mol. The van der Waals surface area contributed by atoms with E-state index in [9.17, 15) is 4.79 Å². The van der Waals surface area contributed by atoms with Crippen molar-refractivity contribution in [3.05, 3.63) is 0 Å². The first-order valence-electron chi connectivity index (χ1n) is 8.42. The van der Waals surface area contributed by atoms with Gasteiger partial charge in [0, 0.05) is 13.0 Å². The van der Waals surface area contributed by atoms with Gasteiger partial charge in [0.05, 0.1) is 12.0 Å². The van der Waals surface area contributed by atoms with Crippen LogP contribution in [0.4, 0.5) is 0 Å². The molecule has 0 radical (unpaired) electrons. The lowest BCUT2D eigenvalue weighted by atomic mass is 9.40. The van der Waals surface area contributed by atoms with Crippen molar-refractivity contribution < 1.29 is 4.79 Å². The molecule has 116 valence electrons. The highest BCUT2D eigenvalue weighted by atomic mass is 16.1. The van der Waals surface area contributed by atoms with Crippen LogP contribution in [0.1, 0.15) is 65.7 Å². The van der Waals surface area contributed by atoms with E-state index in [4.69, 9.17) is 5.26 Å². The van der Waals surface area contributed by atoms with Crippen LogP contribution in [-0.4, -0.2) is 12.5 Å². The molecular formula is C18H28N2O. The highest BCUT2D eigenvalue weighted by Crippen LogP contribution is 2.70. The maximum absolute atomic E-state index is 12.3. The molecule has 4 saturated carbocycles. The second-order valence-corrected chi connectivity index (χ2v) is 9.14. The van der Waals surface area contributed by atoms with E-state index in [1.807, 2.05) is 6.92 Å². The van der Waals surface area contributed by atoms with Crippen molar-refractivity contribution in [2.45, 2.75) is 65.7 Å².